The van der Waals surface area contributed by atoms with Crippen LogP contribution < -0.4 is 4.72 Å². The monoisotopic (exact) mass is 418 g/mol. The van der Waals surface area contributed by atoms with Crippen LogP contribution in [0.3, 0.4) is 0 Å². The van der Waals surface area contributed by atoms with Crippen molar-refractivity contribution >= 4 is 21.6 Å². The molecular formula is C22H27FN2O3S. The number of carbonyl (C=O) groups excluding carboxylic acids is 1. The molecular weight excluding hydrogens is 391 g/mol. The summed E-state index contributed by atoms with van der Waals surface area (Å²) >= 11 is 0. The van der Waals surface area contributed by atoms with Gasteiger partial charge in [0.05, 0.1) is 4.90 Å². The summed E-state index contributed by atoms with van der Waals surface area (Å²) in [6, 6.07) is 10.2. The number of hydrogen-bond donors (Lipinski definition) is 1. The molecule has 2 aromatic carbocycles. The van der Waals surface area contributed by atoms with E-state index in [9.17, 15) is 17.6 Å². The van der Waals surface area contributed by atoms with Crippen LogP contribution in [-0.2, 0) is 10.0 Å². The largest absolute Gasteiger partial charge is 0.341 e. The normalized spacial score (nSPS) is 15.1. The molecule has 2 aromatic rings. The number of amides is 1. The number of nitrogens with one attached hydrogen (secondary N) is 1. The molecule has 0 bridgehead atoms. The van der Waals surface area contributed by atoms with Crippen molar-refractivity contribution in [1.82, 2.24) is 4.90 Å². The zero-order chi connectivity index (χ0) is 21.0. The fraction of sp³-hybridized carbons (Fsp3) is 0.409. The summed E-state index contributed by atoms with van der Waals surface area (Å²) in [5.41, 5.74) is 1.05. The van der Waals surface area contributed by atoms with Crippen molar-refractivity contribution in [3.8, 4) is 0 Å². The molecule has 29 heavy (non-hydrogen) atoms. The molecule has 0 aromatic heterocycles. The van der Waals surface area contributed by atoms with Crippen LogP contribution in [0.2, 0.25) is 0 Å². The molecule has 1 N–H and O–H groups in total. The van der Waals surface area contributed by atoms with Gasteiger partial charge in [0.25, 0.3) is 15.9 Å². The molecule has 1 amide bonds. The molecule has 156 valence electrons. The maximum atomic E-state index is 13.8. The molecule has 0 atom stereocenters. The minimum absolute atomic E-state index is 0.141. The van der Waals surface area contributed by atoms with Gasteiger partial charge in [0.1, 0.15) is 5.82 Å². The lowest BCUT2D eigenvalue weighted by Gasteiger charge is -2.27. The van der Waals surface area contributed by atoms with E-state index in [1.54, 1.807) is 37.1 Å². The number of nitrogens with zero attached hydrogens (tertiary/aromatic N) is 1. The Bertz CT molecular complexity index is 985. The van der Waals surface area contributed by atoms with Gasteiger partial charge in [0.2, 0.25) is 0 Å². The second kappa shape index (κ2) is 8.95. The number of rotatable bonds is 6. The summed E-state index contributed by atoms with van der Waals surface area (Å²) < 4.78 is 41.3. The van der Waals surface area contributed by atoms with Crippen molar-refractivity contribution in [2.45, 2.75) is 43.9 Å². The minimum atomic E-state index is -3.95. The smallest absolute Gasteiger partial charge is 0.261 e. The molecule has 1 saturated carbocycles. The first kappa shape index (κ1) is 21.3. The molecule has 7 heteroatoms. The Labute approximate surface area is 172 Å². The molecule has 0 aliphatic heterocycles. The van der Waals surface area contributed by atoms with E-state index in [0.29, 0.717) is 23.6 Å². The highest BCUT2D eigenvalue weighted by Crippen LogP contribution is 2.25. The van der Waals surface area contributed by atoms with Crippen LogP contribution in [0.5, 0.6) is 0 Å². The van der Waals surface area contributed by atoms with Crippen LogP contribution >= 0.6 is 0 Å². The van der Waals surface area contributed by atoms with Crippen LogP contribution in [0.25, 0.3) is 0 Å². The highest BCUT2D eigenvalue weighted by Gasteiger charge is 2.20. The Morgan fingerprint density at radius 2 is 1.86 bits per heavy atom. The highest BCUT2D eigenvalue weighted by molar-refractivity contribution is 7.92. The zero-order valence-corrected chi connectivity index (χ0v) is 17.6. The summed E-state index contributed by atoms with van der Waals surface area (Å²) in [4.78, 5) is 14.3. The lowest BCUT2D eigenvalue weighted by atomic mass is 9.89. The number of halogens is 1. The van der Waals surface area contributed by atoms with Crippen LogP contribution in [0, 0.1) is 18.7 Å². The van der Waals surface area contributed by atoms with Gasteiger partial charge in [-0.3, -0.25) is 9.52 Å². The van der Waals surface area contributed by atoms with Gasteiger partial charge in [0.15, 0.2) is 0 Å². The maximum absolute atomic E-state index is 13.8. The summed E-state index contributed by atoms with van der Waals surface area (Å²) in [6.45, 7) is 2.27. The number of sulfonamides is 1. The maximum Gasteiger partial charge on any atom is 0.261 e. The van der Waals surface area contributed by atoms with E-state index in [4.69, 9.17) is 0 Å². The van der Waals surface area contributed by atoms with E-state index in [0.717, 1.165) is 18.9 Å². The van der Waals surface area contributed by atoms with Crippen LogP contribution in [0.15, 0.2) is 47.4 Å². The van der Waals surface area contributed by atoms with E-state index < -0.39 is 15.8 Å². The fourth-order valence-corrected chi connectivity index (χ4v) is 4.79. The molecule has 1 aliphatic rings. The van der Waals surface area contributed by atoms with Crippen LogP contribution in [-0.4, -0.2) is 32.8 Å². The Morgan fingerprint density at radius 1 is 1.14 bits per heavy atom. The predicted molar refractivity (Wildman–Crippen MR) is 112 cm³/mol. The van der Waals surface area contributed by atoms with Gasteiger partial charge in [-0.25, -0.2) is 12.8 Å². The fourth-order valence-electron chi connectivity index (χ4n) is 3.73. The lowest BCUT2D eigenvalue weighted by molar-refractivity contribution is 0.0760. The van der Waals surface area contributed by atoms with Crippen molar-refractivity contribution in [2.24, 2.45) is 5.92 Å². The second-order valence-electron chi connectivity index (χ2n) is 7.79. The third kappa shape index (κ3) is 5.35. The Balaban J connectivity index is 1.72. The van der Waals surface area contributed by atoms with Gasteiger partial charge >= 0.3 is 0 Å². The second-order valence-corrected chi connectivity index (χ2v) is 9.47. The number of aryl methyl sites for hydroxylation is 1. The molecule has 5 nitrogen and oxygen atoms in total. The first-order valence-corrected chi connectivity index (χ1v) is 11.4. The van der Waals surface area contributed by atoms with E-state index in [2.05, 4.69) is 4.72 Å². The molecule has 1 fully saturated rings. The van der Waals surface area contributed by atoms with Crippen molar-refractivity contribution in [2.75, 3.05) is 18.3 Å². The zero-order valence-electron chi connectivity index (χ0n) is 16.8. The number of anilines is 1. The van der Waals surface area contributed by atoms with Crippen LogP contribution in [0.1, 0.15) is 48.0 Å². The third-order valence-electron chi connectivity index (χ3n) is 5.42. The first-order chi connectivity index (χ1) is 13.8. The molecule has 0 spiro atoms. The third-order valence-corrected chi connectivity index (χ3v) is 6.80. The van der Waals surface area contributed by atoms with Crippen molar-refractivity contribution < 1.29 is 17.6 Å². The molecule has 1 aliphatic carbocycles. The number of benzene rings is 2. The Morgan fingerprint density at radius 3 is 2.55 bits per heavy atom. The van der Waals surface area contributed by atoms with E-state index in [-0.39, 0.29) is 16.5 Å². The average Bonchev–Trinajstić information content (AvgIpc) is 2.70. The highest BCUT2D eigenvalue weighted by atomic mass is 32.2. The molecule has 3 rings (SSSR count). The van der Waals surface area contributed by atoms with Gasteiger partial charge < -0.3 is 4.90 Å². The molecule has 0 saturated heterocycles. The first-order valence-electron chi connectivity index (χ1n) is 9.91. The molecule has 0 radical (unpaired) electrons. The summed E-state index contributed by atoms with van der Waals surface area (Å²) in [5.74, 6) is -0.199. The van der Waals surface area contributed by atoms with Crippen LogP contribution in [0.4, 0.5) is 10.1 Å². The van der Waals surface area contributed by atoms with Gasteiger partial charge in [-0.1, -0.05) is 31.4 Å². The Kier molecular flexibility index (Phi) is 6.57. The molecule has 0 unspecified atom stereocenters. The lowest BCUT2D eigenvalue weighted by Crippen LogP contribution is -2.32. The summed E-state index contributed by atoms with van der Waals surface area (Å²) in [5, 5.41) is 0. The van der Waals surface area contributed by atoms with Crippen molar-refractivity contribution in [1.29, 1.82) is 0 Å². The topological polar surface area (TPSA) is 66.5 Å². The minimum Gasteiger partial charge on any atom is -0.341 e. The number of hydrogen-bond acceptors (Lipinski definition) is 3. The Hall–Kier alpha value is -2.41. The summed E-state index contributed by atoms with van der Waals surface area (Å²) in [6.07, 6.45) is 5.98. The van der Waals surface area contributed by atoms with Gasteiger partial charge in [-0.2, -0.15) is 0 Å². The molecule has 0 heterocycles. The quantitative estimate of drug-likeness (QED) is 0.746. The SMILES string of the molecule is Cc1ccc(S(=O)(=O)Nc2cccc(C(=O)N(C)CC3CCCCC3)c2)cc1F. The van der Waals surface area contributed by atoms with E-state index in [1.165, 1.54) is 37.5 Å². The number of carbonyl (C=O) groups is 1. The van der Waals surface area contributed by atoms with Gasteiger partial charge in [-0.15, -0.1) is 0 Å². The summed E-state index contributed by atoms with van der Waals surface area (Å²) in [7, 11) is -2.17. The standard InChI is InChI=1S/C22H27FN2O3S/c1-16-11-12-20(14-21(16)23)29(27,28)24-19-10-6-9-18(13-19)22(26)25(2)15-17-7-4-3-5-8-17/h6,9-14,17,24H,3-5,7-8,15H2,1-2H3. The van der Waals surface area contributed by atoms with E-state index in [1.807, 2.05) is 0 Å². The van der Waals surface area contributed by atoms with Crippen molar-refractivity contribution in [3.05, 3.63) is 59.4 Å². The van der Waals surface area contributed by atoms with Gasteiger partial charge in [0, 0.05) is 24.8 Å². The van der Waals surface area contributed by atoms with E-state index >= 15 is 0 Å². The van der Waals surface area contributed by atoms with Crippen molar-refractivity contribution in [3.63, 3.8) is 0 Å². The predicted octanol–water partition coefficient (Wildman–Crippen LogP) is 4.59. The average molecular weight is 419 g/mol. The van der Waals surface area contributed by atoms with Gasteiger partial charge in [-0.05, 0) is 61.6 Å².